The van der Waals surface area contributed by atoms with Crippen LogP contribution in [-0.2, 0) is 13.6 Å². The molecule has 188 valence electrons. The van der Waals surface area contributed by atoms with Gasteiger partial charge < -0.3 is 15.0 Å². The van der Waals surface area contributed by atoms with Gasteiger partial charge >= 0.3 is 6.61 Å². The number of anilines is 1. The number of fused-ring (bicyclic) bond motifs is 1. The van der Waals surface area contributed by atoms with Gasteiger partial charge in [0.2, 0.25) is 5.95 Å². The Bertz CT molecular complexity index is 1450. The highest BCUT2D eigenvalue weighted by molar-refractivity contribution is 5.84. The number of ether oxygens (including phenoxy) is 1. The second-order valence-corrected chi connectivity index (χ2v) is 9.18. The Hall–Kier alpha value is -3.79. The largest absolute Gasteiger partial charge is 0.434 e. The number of alkyl halides is 2. The molecule has 1 aliphatic rings. The van der Waals surface area contributed by atoms with E-state index in [2.05, 4.69) is 27.1 Å². The van der Waals surface area contributed by atoms with E-state index >= 15 is 0 Å². The van der Waals surface area contributed by atoms with Crippen molar-refractivity contribution in [2.75, 3.05) is 24.5 Å². The van der Waals surface area contributed by atoms with Gasteiger partial charge in [-0.1, -0.05) is 23.8 Å². The van der Waals surface area contributed by atoms with E-state index in [4.69, 9.17) is 4.74 Å². The predicted octanol–water partition coefficient (Wildman–Crippen LogP) is 3.55. The lowest BCUT2D eigenvalue weighted by molar-refractivity contribution is -0.0505. The average Bonchev–Trinajstić information content (AvgIpc) is 3.10. The van der Waals surface area contributed by atoms with Crippen molar-refractivity contribution >= 4 is 16.9 Å². The molecular formula is C26H28F2N6O2. The molecule has 0 bridgehead atoms. The molecule has 1 saturated heterocycles. The molecule has 5 rings (SSSR count). The van der Waals surface area contributed by atoms with E-state index in [1.165, 1.54) is 10.7 Å². The number of hydrogen-bond acceptors (Lipinski definition) is 6. The maximum Gasteiger partial charge on any atom is 0.387 e. The third kappa shape index (κ3) is 4.68. The summed E-state index contributed by atoms with van der Waals surface area (Å²) in [6.07, 6.45) is 3.58. The van der Waals surface area contributed by atoms with Crippen LogP contribution in [0.4, 0.5) is 14.7 Å². The fourth-order valence-corrected chi connectivity index (χ4v) is 4.69. The van der Waals surface area contributed by atoms with Crippen LogP contribution < -0.4 is 20.5 Å². The zero-order valence-corrected chi connectivity index (χ0v) is 20.4. The van der Waals surface area contributed by atoms with Crippen molar-refractivity contribution in [2.24, 2.45) is 7.05 Å². The number of aryl methyl sites for hydroxylation is 1. The first-order valence-electron chi connectivity index (χ1n) is 11.8. The lowest BCUT2D eigenvalue weighted by Gasteiger charge is -2.31. The summed E-state index contributed by atoms with van der Waals surface area (Å²) in [7, 11) is 1.66. The Morgan fingerprint density at radius 1 is 1.14 bits per heavy atom. The highest BCUT2D eigenvalue weighted by atomic mass is 19.3. The average molecular weight is 495 g/mol. The Morgan fingerprint density at radius 2 is 1.92 bits per heavy atom. The van der Waals surface area contributed by atoms with Crippen molar-refractivity contribution in [2.45, 2.75) is 33.0 Å². The summed E-state index contributed by atoms with van der Waals surface area (Å²) < 4.78 is 34.0. The number of halogens is 2. The molecule has 0 aliphatic carbocycles. The first-order valence-corrected chi connectivity index (χ1v) is 11.8. The van der Waals surface area contributed by atoms with Crippen molar-refractivity contribution in [3.63, 3.8) is 0 Å². The zero-order chi connectivity index (χ0) is 25.4. The van der Waals surface area contributed by atoms with Gasteiger partial charge in [-0.15, -0.1) is 0 Å². The van der Waals surface area contributed by atoms with Crippen molar-refractivity contribution in [3.8, 4) is 16.9 Å². The first kappa shape index (κ1) is 23.9. The van der Waals surface area contributed by atoms with E-state index < -0.39 is 6.61 Å². The van der Waals surface area contributed by atoms with E-state index in [9.17, 15) is 13.6 Å². The van der Waals surface area contributed by atoms with Crippen LogP contribution in [0.15, 0.2) is 53.6 Å². The molecule has 10 heteroatoms. The Morgan fingerprint density at radius 3 is 2.64 bits per heavy atom. The van der Waals surface area contributed by atoms with Gasteiger partial charge in [0, 0.05) is 56.2 Å². The van der Waals surface area contributed by atoms with Crippen LogP contribution in [0.1, 0.15) is 18.1 Å². The van der Waals surface area contributed by atoms with Crippen molar-refractivity contribution in [1.82, 2.24) is 24.6 Å². The molecule has 0 spiro atoms. The second kappa shape index (κ2) is 9.69. The molecule has 2 aromatic heterocycles. The summed E-state index contributed by atoms with van der Waals surface area (Å²) in [5.74, 6) is 0.781. The monoisotopic (exact) mass is 494 g/mol. The molecule has 8 nitrogen and oxygen atoms in total. The minimum Gasteiger partial charge on any atom is -0.434 e. The normalized spacial score (nSPS) is 16.2. The lowest BCUT2D eigenvalue weighted by atomic mass is 10.1. The summed E-state index contributed by atoms with van der Waals surface area (Å²) in [6, 6.07) is 11.0. The molecule has 1 N–H and O–H groups in total. The number of piperazine rings is 1. The van der Waals surface area contributed by atoms with Crippen LogP contribution >= 0.6 is 0 Å². The zero-order valence-electron chi connectivity index (χ0n) is 20.4. The molecule has 0 unspecified atom stereocenters. The molecule has 1 aliphatic heterocycles. The summed E-state index contributed by atoms with van der Waals surface area (Å²) in [6.45, 7) is 3.86. The number of nitrogens with zero attached hydrogens (tertiary/aromatic N) is 5. The maximum atomic E-state index is 13.0. The maximum absolute atomic E-state index is 13.0. The highest BCUT2D eigenvalue weighted by Crippen LogP contribution is 2.27. The fourth-order valence-electron chi connectivity index (χ4n) is 4.69. The van der Waals surface area contributed by atoms with Gasteiger partial charge in [-0.25, -0.2) is 9.97 Å². The van der Waals surface area contributed by atoms with Crippen molar-refractivity contribution in [3.05, 3.63) is 70.3 Å². The van der Waals surface area contributed by atoms with Gasteiger partial charge in [0.25, 0.3) is 5.56 Å². The Labute approximate surface area is 207 Å². The Balaban J connectivity index is 1.50. The molecule has 3 heterocycles. The molecule has 0 amide bonds. The van der Waals surface area contributed by atoms with E-state index in [-0.39, 0.29) is 17.9 Å². The molecule has 4 aromatic rings. The summed E-state index contributed by atoms with van der Waals surface area (Å²) in [5.41, 5.74) is 3.67. The van der Waals surface area contributed by atoms with Gasteiger partial charge in [0.15, 0.2) is 0 Å². The smallest absolute Gasteiger partial charge is 0.387 e. The summed E-state index contributed by atoms with van der Waals surface area (Å²) in [5, 5.41) is 3.95. The SMILES string of the molecule is Cc1ccc(OC(F)F)c(Cn2c3cc(-c4cnc(N5CCN[C@@H](C)C5)nc4)ccc3c(=O)n2C)c1. The van der Waals surface area contributed by atoms with Crippen LogP contribution in [0.3, 0.4) is 0 Å². The number of rotatable bonds is 6. The quantitative estimate of drug-likeness (QED) is 0.442. The van der Waals surface area contributed by atoms with Crippen LogP contribution in [0, 0.1) is 6.92 Å². The van der Waals surface area contributed by atoms with Gasteiger partial charge in [-0.3, -0.25) is 14.2 Å². The fraction of sp³-hybridized carbons (Fsp3) is 0.346. The van der Waals surface area contributed by atoms with Crippen LogP contribution in [0.25, 0.3) is 22.0 Å². The predicted molar refractivity (Wildman–Crippen MR) is 135 cm³/mol. The molecule has 1 atom stereocenters. The Kier molecular flexibility index (Phi) is 6.44. The van der Waals surface area contributed by atoms with Crippen LogP contribution in [0.2, 0.25) is 0 Å². The summed E-state index contributed by atoms with van der Waals surface area (Å²) in [4.78, 5) is 24.2. The lowest BCUT2D eigenvalue weighted by Crippen LogP contribution is -2.49. The minimum absolute atomic E-state index is 0.0901. The van der Waals surface area contributed by atoms with Crippen molar-refractivity contribution < 1.29 is 13.5 Å². The van der Waals surface area contributed by atoms with Gasteiger partial charge in [0.1, 0.15) is 5.75 Å². The highest BCUT2D eigenvalue weighted by Gasteiger charge is 2.19. The van der Waals surface area contributed by atoms with Crippen LogP contribution in [-0.4, -0.2) is 51.6 Å². The molecule has 0 radical (unpaired) electrons. The van der Waals surface area contributed by atoms with Gasteiger partial charge in [-0.05, 0) is 37.6 Å². The molecule has 1 fully saturated rings. The van der Waals surface area contributed by atoms with E-state index in [1.54, 1.807) is 42.3 Å². The third-order valence-electron chi connectivity index (χ3n) is 6.54. The topological polar surface area (TPSA) is 77.2 Å². The second-order valence-electron chi connectivity index (χ2n) is 9.18. The number of aromatic nitrogens is 4. The number of nitrogens with one attached hydrogen (secondary N) is 1. The molecule has 2 aromatic carbocycles. The number of hydrogen-bond donors (Lipinski definition) is 1. The van der Waals surface area contributed by atoms with E-state index in [0.717, 1.165) is 36.3 Å². The number of benzene rings is 2. The third-order valence-corrected chi connectivity index (χ3v) is 6.54. The standard InChI is InChI=1S/C26H28F2N6O2/c1-16-4-7-23(36-25(27)28)19(10-16)15-34-22-11-18(5-6-21(22)24(35)32(34)3)20-12-30-26(31-13-20)33-9-8-29-17(2)14-33/h4-7,10-13,17,25,29H,8-9,14-15H2,1-3H3/t17-/m0/s1. The van der Waals surface area contributed by atoms with Gasteiger partial charge in [-0.2, -0.15) is 8.78 Å². The van der Waals surface area contributed by atoms with E-state index in [1.807, 2.05) is 19.1 Å². The molecule has 0 saturated carbocycles. The molecule has 36 heavy (non-hydrogen) atoms. The molecular weight excluding hydrogens is 466 g/mol. The summed E-state index contributed by atoms with van der Waals surface area (Å²) >= 11 is 0. The van der Waals surface area contributed by atoms with Crippen molar-refractivity contribution in [1.29, 1.82) is 0 Å². The van der Waals surface area contributed by atoms with Crippen LogP contribution in [0.5, 0.6) is 5.75 Å². The van der Waals surface area contributed by atoms with Gasteiger partial charge in [0.05, 0.1) is 17.4 Å². The first-order chi connectivity index (χ1) is 17.3. The van der Waals surface area contributed by atoms with E-state index in [0.29, 0.717) is 28.5 Å². The minimum atomic E-state index is -2.93.